The number of nitrogens with one attached hydrogen (secondary N) is 1. The molecule has 0 spiro atoms. The molecule has 1 fully saturated rings. The largest absolute Gasteiger partial charge is 0.506 e. The van der Waals surface area contributed by atoms with Crippen LogP contribution in [0.15, 0.2) is 42.6 Å². The number of halogens is 3. The van der Waals surface area contributed by atoms with E-state index in [0.717, 1.165) is 30.7 Å². The molecule has 1 saturated heterocycles. The molecule has 0 bridgehead atoms. The minimum atomic E-state index is -4.33. The molecule has 2 N–H and O–H groups in total. The molecule has 27 heavy (non-hydrogen) atoms. The Balaban J connectivity index is 1.48. The first-order chi connectivity index (χ1) is 12.8. The van der Waals surface area contributed by atoms with Crippen molar-refractivity contribution in [3.63, 3.8) is 0 Å². The van der Waals surface area contributed by atoms with Crippen LogP contribution in [0.2, 0.25) is 0 Å². The molecule has 0 unspecified atom stereocenters. The molecular weight excluding hydrogens is 359 g/mol. The Kier molecular flexibility index (Phi) is 5.53. The van der Waals surface area contributed by atoms with Gasteiger partial charge in [-0.3, -0.25) is 4.79 Å². The van der Waals surface area contributed by atoms with Crippen LogP contribution in [0.1, 0.15) is 24.8 Å². The third-order valence-corrected chi connectivity index (χ3v) is 4.66. The van der Waals surface area contributed by atoms with E-state index >= 15 is 0 Å². The Morgan fingerprint density at radius 3 is 2.37 bits per heavy atom. The highest BCUT2D eigenvalue weighted by atomic mass is 19.4. The van der Waals surface area contributed by atoms with Crippen molar-refractivity contribution in [2.75, 3.05) is 23.3 Å². The van der Waals surface area contributed by atoms with Gasteiger partial charge in [-0.05, 0) is 55.2 Å². The zero-order chi connectivity index (χ0) is 19.4. The average molecular weight is 379 g/mol. The third kappa shape index (κ3) is 5.12. The number of hydrogen-bond donors (Lipinski definition) is 2. The van der Waals surface area contributed by atoms with E-state index < -0.39 is 11.7 Å². The topological polar surface area (TPSA) is 65.5 Å². The molecule has 1 aromatic carbocycles. The summed E-state index contributed by atoms with van der Waals surface area (Å²) in [6.45, 7) is 1.39. The van der Waals surface area contributed by atoms with Crippen LogP contribution in [0.3, 0.4) is 0 Å². The summed E-state index contributed by atoms with van der Waals surface area (Å²) >= 11 is 0. The number of aromatic nitrogens is 1. The maximum atomic E-state index is 12.6. The molecule has 1 aliphatic rings. The average Bonchev–Trinajstić information content (AvgIpc) is 2.64. The second-order valence-corrected chi connectivity index (χ2v) is 6.63. The smallest absolute Gasteiger partial charge is 0.416 e. The Morgan fingerprint density at radius 1 is 1.15 bits per heavy atom. The van der Waals surface area contributed by atoms with Crippen LogP contribution in [0.4, 0.5) is 24.7 Å². The zero-order valence-electron chi connectivity index (χ0n) is 14.5. The molecule has 5 nitrogen and oxygen atoms in total. The van der Waals surface area contributed by atoms with Crippen molar-refractivity contribution >= 4 is 17.4 Å². The number of carbonyl (C=O) groups excluding carboxylic acids is 1. The van der Waals surface area contributed by atoms with E-state index in [0.29, 0.717) is 25.3 Å². The molecule has 1 aromatic heterocycles. The Hall–Kier alpha value is -2.77. The molecule has 1 amide bonds. The van der Waals surface area contributed by atoms with Gasteiger partial charge in [0.15, 0.2) is 0 Å². The normalized spacial score (nSPS) is 15.6. The van der Waals surface area contributed by atoms with E-state index in [1.54, 1.807) is 0 Å². The summed E-state index contributed by atoms with van der Waals surface area (Å²) in [7, 11) is 0. The van der Waals surface area contributed by atoms with Gasteiger partial charge in [-0.15, -0.1) is 0 Å². The van der Waals surface area contributed by atoms with E-state index in [2.05, 4.69) is 10.3 Å². The summed E-state index contributed by atoms with van der Waals surface area (Å²) in [4.78, 5) is 18.1. The lowest BCUT2D eigenvalue weighted by atomic mass is 9.93. The van der Waals surface area contributed by atoms with Crippen molar-refractivity contribution in [2.45, 2.75) is 25.4 Å². The highest BCUT2D eigenvalue weighted by molar-refractivity contribution is 5.89. The number of pyridine rings is 1. The number of anilines is 2. The number of nitrogens with zero attached hydrogens (tertiary/aromatic N) is 2. The molecule has 0 saturated carbocycles. The Bertz CT molecular complexity index is 768. The molecular formula is C19H20F3N3O2. The van der Waals surface area contributed by atoms with E-state index in [1.165, 1.54) is 30.5 Å². The summed E-state index contributed by atoms with van der Waals surface area (Å²) in [5, 5.41) is 11.9. The minimum Gasteiger partial charge on any atom is -0.506 e. The van der Waals surface area contributed by atoms with Crippen molar-refractivity contribution in [2.24, 2.45) is 5.92 Å². The summed E-state index contributed by atoms with van der Waals surface area (Å²) in [6, 6.07) is 8.16. The van der Waals surface area contributed by atoms with Gasteiger partial charge in [0.25, 0.3) is 0 Å². The minimum absolute atomic E-state index is 0.0311. The lowest BCUT2D eigenvalue weighted by Gasteiger charge is -2.33. The second-order valence-electron chi connectivity index (χ2n) is 6.63. The highest BCUT2D eigenvalue weighted by Crippen LogP contribution is 2.32. The van der Waals surface area contributed by atoms with Gasteiger partial charge in [0.05, 0.1) is 11.8 Å². The first kappa shape index (κ1) is 19.0. The fourth-order valence-electron chi connectivity index (χ4n) is 3.17. The van der Waals surface area contributed by atoms with Crippen LogP contribution in [0.25, 0.3) is 0 Å². The number of alkyl halides is 3. The predicted molar refractivity (Wildman–Crippen MR) is 95.5 cm³/mol. The predicted octanol–water partition coefficient (Wildman–Crippen LogP) is 4.05. The van der Waals surface area contributed by atoms with Crippen LogP contribution in [-0.2, 0) is 11.0 Å². The summed E-state index contributed by atoms with van der Waals surface area (Å²) in [5.41, 5.74) is 0.111. The lowest BCUT2D eigenvalue weighted by molar-refractivity contribution is -0.137. The van der Waals surface area contributed by atoms with Crippen LogP contribution < -0.4 is 10.2 Å². The van der Waals surface area contributed by atoms with Crippen molar-refractivity contribution in [1.29, 1.82) is 0 Å². The first-order valence-electron chi connectivity index (χ1n) is 8.68. The van der Waals surface area contributed by atoms with E-state index in [4.69, 9.17) is 0 Å². The number of benzene rings is 1. The standard InChI is InChI=1S/C19H20F3N3O2/c20-19(21,22)14-1-3-15(4-2-14)25-9-7-13(8-10-25)11-18(27)24-17-6-5-16(26)12-23-17/h1-6,12-13,26H,7-11H2,(H,23,24,27). The Morgan fingerprint density at radius 2 is 1.81 bits per heavy atom. The van der Waals surface area contributed by atoms with Crippen molar-refractivity contribution < 1.29 is 23.1 Å². The number of aromatic hydroxyl groups is 1. The first-order valence-corrected chi connectivity index (χ1v) is 8.68. The number of amides is 1. The SMILES string of the molecule is O=C(CC1CCN(c2ccc(C(F)(F)F)cc2)CC1)Nc1ccc(O)cn1. The van der Waals surface area contributed by atoms with Gasteiger partial charge in [-0.2, -0.15) is 13.2 Å². The zero-order valence-corrected chi connectivity index (χ0v) is 14.5. The monoisotopic (exact) mass is 379 g/mol. The van der Waals surface area contributed by atoms with Crippen LogP contribution >= 0.6 is 0 Å². The molecule has 8 heteroatoms. The maximum absolute atomic E-state index is 12.6. The third-order valence-electron chi connectivity index (χ3n) is 4.66. The maximum Gasteiger partial charge on any atom is 0.416 e. The number of piperidine rings is 1. The molecule has 0 radical (unpaired) electrons. The quantitative estimate of drug-likeness (QED) is 0.841. The molecule has 2 heterocycles. The molecule has 0 atom stereocenters. The Labute approximate surface area is 154 Å². The highest BCUT2D eigenvalue weighted by Gasteiger charge is 2.30. The summed E-state index contributed by atoms with van der Waals surface area (Å²) < 4.78 is 37.9. The van der Waals surface area contributed by atoms with E-state index in [-0.39, 0.29) is 17.6 Å². The van der Waals surface area contributed by atoms with Crippen molar-refractivity contribution in [1.82, 2.24) is 4.98 Å². The van der Waals surface area contributed by atoms with Crippen molar-refractivity contribution in [3.8, 4) is 5.75 Å². The van der Waals surface area contributed by atoms with E-state index in [9.17, 15) is 23.1 Å². The molecule has 144 valence electrons. The second kappa shape index (κ2) is 7.85. The van der Waals surface area contributed by atoms with Gasteiger partial charge in [-0.1, -0.05) is 0 Å². The number of carbonyl (C=O) groups is 1. The fourth-order valence-corrected chi connectivity index (χ4v) is 3.17. The number of hydrogen-bond acceptors (Lipinski definition) is 4. The lowest BCUT2D eigenvalue weighted by Crippen LogP contribution is -2.35. The molecule has 1 aliphatic heterocycles. The van der Waals surface area contributed by atoms with Crippen LogP contribution in [-0.4, -0.2) is 29.1 Å². The van der Waals surface area contributed by atoms with Gasteiger partial charge in [0.1, 0.15) is 11.6 Å². The van der Waals surface area contributed by atoms with E-state index in [1.807, 2.05) is 4.90 Å². The van der Waals surface area contributed by atoms with Gasteiger partial charge in [0.2, 0.25) is 5.91 Å². The van der Waals surface area contributed by atoms with Gasteiger partial charge >= 0.3 is 6.18 Å². The number of rotatable bonds is 4. The molecule has 2 aromatic rings. The summed E-state index contributed by atoms with van der Waals surface area (Å²) in [5.74, 6) is 0.498. The van der Waals surface area contributed by atoms with Gasteiger partial charge in [0, 0.05) is 25.2 Å². The van der Waals surface area contributed by atoms with Crippen LogP contribution in [0.5, 0.6) is 5.75 Å². The summed E-state index contributed by atoms with van der Waals surface area (Å²) in [6.07, 6.45) is -1.12. The van der Waals surface area contributed by atoms with Gasteiger partial charge in [-0.25, -0.2) is 4.98 Å². The molecule has 0 aliphatic carbocycles. The van der Waals surface area contributed by atoms with Crippen LogP contribution in [0, 0.1) is 5.92 Å². The fraction of sp³-hybridized carbons (Fsp3) is 0.368. The van der Waals surface area contributed by atoms with Crippen molar-refractivity contribution in [3.05, 3.63) is 48.2 Å². The van der Waals surface area contributed by atoms with Gasteiger partial charge < -0.3 is 15.3 Å². The molecule has 3 rings (SSSR count).